The Morgan fingerprint density at radius 3 is 2.81 bits per heavy atom. The number of fused-ring (bicyclic) bond motifs is 1. The van der Waals surface area contributed by atoms with Crippen molar-refractivity contribution in [1.29, 1.82) is 0 Å². The number of nitrogens with zero attached hydrogens (tertiary/aromatic N) is 1. The zero-order valence-corrected chi connectivity index (χ0v) is 11.6. The fourth-order valence-electron chi connectivity index (χ4n) is 2.68. The number of hydrogen-bond donors (Lipinski definition) is 0. The van der Waals surface area contributed by atoms with Crippen LogP contribution in [0.15, 0.2) is 47.1 Å². The zero-order valence-electron chi connectivity index (χ0n) is 11.6. The van der Waals surface area contributed by atoms with Gasteiger partial charge in [-0.05, 0) is 23.8 Å². The minimum absolute atomic E-state index is 0.0486. The normalized spacial score (nSPS) is 16.6. The van der Waals surface area contributed by atoms with Crippen LogP contribution in [-0.4, -0.2) is 25.5 Å². The van der Waals surface area contributed by atoms with E-state index in [1.807, 2.05) is 24.3 Å². The summed E-state index contributed by atoms with van der Waals surface area (Å²) in [5.74, 6) is -0.224. The van der Waals surface area contributed by atoms with Crippen LogP contribution in [0.25, 0.3) is 0 Å². The molecule has 1 aliphatic rings. The first-order chi connectivity index (χ1) is 10.2. The lowest BCUT2D eigenvalue weighted by atomic mass is 9.98. The predicted octanol–water partition coefficient (Wildman–Crippen LogP) is 2.59. The third-order valence-electron chi connectivity index (χ3n) is 3.69. The van der Waals surface area contributed by atoms with Gasteiger partial charge in [-0.3, -0.25) is 9.59 Å². The molecule has 1 unspecified atom stereocenters. The lowest BCUT2D eigenvalue weighted by Crippen LogP contribution is -2.29. The third kappa shape index (κ3) is 2.42. The summed E-state index contributed by atoms with van der Waals surface area (Å²) in [6.07, 6.45) is 1.73. The second-order valence-corrected chi connectivity index (χ2v) is 4.93. The Hall–Kier alpha value is -2.56. The highest BCUT2D eigenvalue weighted by Crippen LogP contribution is 2.38. The van der Waals surface area contributed by atoms with Gasteiger partial charge in [0.1, 0.15) is 0 Å². The number of hydrogen-bond acceptors (Lipinski definition) is 4. The first kappa shape index (κ1) is 13.4. The molecule has 1 aromatic heterocycles. The van der Waals surface area contributed by atoms with Crippen LogP contribution in [0, 0.1) is 0 Å². The molecule has 1 atom stereocenters. The first-order valence-corrected chi connectivity index (χ1v) is 6.72. The molecule has 0 saturated heterocycles. The lowest BCUT2D eigenvalue weighted by Gasteiger charge is -2.16. The molecule has 0 aliphatic carbocycles. The molecule has 21 heavy (non-hydrogen) atoms. The van der Waals surface area contributed by atoms with E-state index in [1.165, 1.54) is 13.4 Å². The summed E-state index contributed by atoms with van der Waals surface area (Å²) in [6.45, 7) is 0.452. The fourth-order valence-corrected chi connectivity index (χ4v) is 2.68. The van der Waals surface area contributed by atoms with Crippen LogP contribution >= 0.6 is 0 Å². The number of ether oxygens (including phenoxy) is 1. The number of benzene rings is 1. The molecule has 1 aromatic carbocycles. The number of amides is 1. The summed E-state index contributed by atoms with van der Waals surface area (Å²) in [5, 5.41) is 0. The van der Waals surface area contributed by atoms with Crippen molar-refractivity contribution in [2.75, 3.05) is 18.6 Å². The molecular formula is C16H15NO4. The van der Waals surface area contributed by atoms with Gasteiger partial charge < -0.3 is 14.1 Å². The van der Waals surface area contributed by atoms with Gasteiger partial charge >= 0.3 is 5.97 Å². The maximum Gasteiger partial charge on any atom is 0.306 e. The Morgan fingerprint density at radius 1 is 1.29 bits per heavy atom. The quantitative estimate of drug-likeness (QED) is 0.813. The van der Waals surface area contributed by atoms with E-state index >= 15 is 0 Å². The van der Waals surface area contributed by atoms with Gasteiger partial charge in [-0.2, -0.15) is 0 Å². The molecule has 1 aliphatic heterocycles. The number of anilines is 1. The van der Waals surface area contributed by atoms with Gasteiger partial charge in [-0.1, -0.05) is 18.2 Å². The minimum Gasteiger partial charge on any atom is -0.469 e. The number of furan rings is 1. The Balaban J connectivity index is 1.91. The van der Waals surface area contributed by atoms with E-state index in [0.29, 0.717) is 12.3 Å². The van der Waals surface area contributed by atoms with E-state index in [0.717, 1.165) is 11.3 Å². The monoisotopic (exact) mass is 285 g/mol. The first-order valence-electron chi connectivity index (χ1n) is 6.72. The minimum atomic E-state index is -0.276. The predicted molar refractivity (Wildman–Crippen MR) is 76.2 cm³/mol. The van der Waals surface area contributed by atoms with Gasteiger partial charge in [0, 0.05) is 18.2 Å². The number of carbonyl (C=O) groups excluding carboxylic acids is 2. The van der Waals surface area contributed by atoms with Gasteiger partial charge in [-0.15, -0.1) is 0 Å². The highest BCUT2D eigenvalue weighted by Gasteiger charge is 2.34. The summed E-state index contributed by atoms with van der Waals surface area (Å²) in [7, 11) is 1.37. The largest absolute Gasteiger partial charge is 0.469 e. The summed E-state index contributed by atoms with van der Waals surface area (Å²) in [4.78, 5) is 25.7. The molecule has 5 heteroatoms. The average molecular weight is 285 g/mol. The number of carbonyl (C=O) groups is 2. The van der Waals surface area contributed by atoms with Crippen LogP contribution in [0.3, 0.4) is 0 Å². The SMILES string of the molecule is COC(=O)CC1CN(C(=O)c2ccco2)c2ccccc21. The Kier molecular flexibility index (Phi) is 3.48. The molecule has 0 bridgehead atoms. The van der Waals surface area contributed by atoms with Gasteiger partial charge in [0.25, 0.3) is 5.91 Å². The van der Waals surface area contributed by atoms with Crippen molar-refractivity contribution in [1.82, 2.24) is 0 Å². The molecular weight excluding hydrogens is 270 g/mol. The number of esters is 1. The third-order valence-corrected chi connectivity index (χ3v) is 3.69. The molecule has 2 heterocycles. The zero-order chi connectivity index (χ0) is 14.8. The molecule has 0 N–H and O–H groups in total. The van der Waals surface area contributed by atoms with E-state index in [9.17, 15) is 9.59 Å². The molecule has 108 valence electrons. The van der Waals surface area contributed by atoms with E-state index in [2.05, 4.69) is 0 Å². The topological polar surface area (TPSA) is 59.8 Å². The van der Waals surface area contributed by atoms with Crippen molar-refractivity contribution in [3.8, 4) is 0 Å². The maximum absolute atomic E-state index is 12.5. The van der Waals surface area contributed by atoms with Crippen LogP contribution in [0.2, 0.25) is 0 Å². The standard InChI is InChI=1S/C16H15NO4/c1-20-15(18)9-11-10-17(13-6-3-2-5-12(11)13)16(19)14-7-4-8-21-14/h2-8,11H,9-10H2,1H3. The Labute approximate surface area is 122 Å². The van der Waals surface area contributed by atoms with E-state index < -0.39 is 0 Å². The number of para-hydroxylation sites is 1. The summed E-state index contributed by atoms with van der Waals surface area (Å²) in [5.41, 5.74) is 1.82. The fraction of sp³-hybridized carbons (Fsp3) is 0.250. The van der Waals surface area contributed by atoms with E-state index in [-0.39, 0.29) is 24.2 Å². The molecule has 0 spiro atoms. The maximum atomic E-state index is 12.5. The lowest BCUT2D eigenvalue weighted by molar-refractivity contribution is -0.141. The molecule has 0 fully saturated rings. The van der Waals surface area contributed by atoms with Gasteiger partial charge in [0.15, 0.2) is 5.76 Å². The van der Waals surface area contributed by atoms with Crippen LogP contribution in [0.5, 0.6) is 0 Å². The van der Waals surface area contributed by atoms with Crippen LogP contribution in [0.4, 0.5) is 5.69 Å². The average Bonchev–Trinajstić information content (AvgIpc) is 3.15. The molecule has 2 aromatic rings. The van der Waals surface area contributed by atoms with Crippen LogP contribution < -0.4 is 4.90 Å². The molecule has 3 rings (SSSR count). The highest BCUT2D eigenvalue weighted by atomic mass is 16.5. The Bertz CT molecular complexity index is 663. The highest BCUT2D eigenvalue weighted by molar-refractivity contribution is 6.05. The summed E-state index contributed by atoms with van der Waals surface area (Å²) < 4.78 is 9.91. The Morgan fingerprint density at radius 2 is 2.10 bits per heavy atom. The van der Waals surface area contributed by atoms with Crippen molar-refractivity contribution in [3.05, 3.63) is 54.0 Å². The van der Waals surface area contributed by atoms with Crippen LogP contribution in [0.1, 0.15) is 28.5 Å². The summed E-state index contributed by atoms with van der Waals surface area (Å²) in [6, 6.07) is 10.9. The molecule has 0 saturated carbocycles. The number of rotatable bonds is 3. The number of methoxy groups -OCH3 is 1. The van der Waals surface area contributed by atoms with Gasteiger partial charge in [0.05, 0.1) is 19.8 Å². The van der Waals surface area contributed by atoms with E-state index in [1.54, 1.807) is 17.0 Å². The van der Waals surface area contributed by atoms with Crippen LogP contribution in [-0.2, 0) is 9.53 Å². The molecule has 5 nitrogen and oxygen atoms in total. The van der Waals surface area contributed by atoms with Crippen molar-refractivity contribution in [2.45, 2.75) is 12.3 Å². The molecule has 1 amide bonds. The second-order valence-electron chi connectivity index (χ2n) is 4.93. The molecule has 0 radical (unpaired) electrons. The van der Waals surface area contributed by atoms with Gasteiger partial charge in [0.2, 0.25) is 0 Å². The van der Waals surface area contributed by atoms with Crippen molar-refractivity contribution >= 4 is 17.6 Å². The van der Waals surface area contributed by atoms with Gasteiger partial charge in [-0.25, -0.2) is 0 Å². The summed E-state index contributed by atoms with van der Waals surface area (Å²) >= 11 is 0. The smallest absolute Gasteiger partial charge is 0.306 e. The van der Waals surface area contributed by atoms with Crippen molar-refractivity contribution < 1.29 is 18.7 Å². The van der Waals surface area contributed by atoms with Crippen molar-refractivity contribution in [2.24, 2.45) is 0 Å². The van der Waals surface area contributed by atoms with Crippen molar-refractivity contribution in [3.63, 3.8) is 0 Å². The van der Waals surface area contributed by atoms with E-state index in [4.69, 9.17) is 9.15 Å². The second kappa shape index (κ2) is 5.44.